The third-order valence-corrected chi connectivity index (χ3v) is 7.66. The van der Waals surface area contributed by atoms with E-state index in [0.29, 0.717) is 19.6 Å². The molecule has 5 nitrogen and oxygen atoms in total. The highest BCUT2D eigenvalue weighted by molar-refractivity contribution is 7.10. The summed E-state index contributed by atoms with van der Waals surface area (Å²) < 4.78 is 20.0. The number of carbonyl (C=O) groups is 2. The molecular weight excluding hydrogens is 463 g/mol. The standard InChI is InChI=1S/C28H31FN2O3S/c1-4-20(3)31(28(33)21-9-7-10-22(29)16-21)17-27(32)30-14-12-26-23(13-15-35-26)24(30)18-34-25-11-6-5-8-19(25)2/h5-11,13,15-16,20,24H,4,12,14,17-18H2,1-3H3. The quantitative estimate of drug-likeness (QED) is 0.407. The fourth-order valence-corrected chi connectivity index (χ4v) is 5.36. The fourth-order valence-electron chi connectivity index (χ4n) is 4.43. The number of aryl methyl sites for hydroxylation is 1. The van der Waals surface area contributed by atoms with Gasteiger partial charge >= 0.3 is 0 Å². The first kappa shape index (κ1) is 24.9. The molecule has 35 heavy (non-hydrogen) atoms. The Bertz CT molecular complexity index is 1190. The SMILES string of the molecule is CCC(C)N(CC(=O)N1CCc2sccc2C1COc1ccccc1C)C(=O)c1cccc(F)c1. The maximum atomic E-state index is 13.8. The molecule has 4 rings (SSSR count). The van der Waals surface area contributed by atoms with Gasteiger partial charge in [-0.2, -0.15) is 0 Å². The van der Waals surface area contributed by atoms with Crippen molar-refractivity contribution in [1.29, 1.82) is 0 Å². The molecule has 2 heterocycles. The Morgan fingerprint density at radius 1 is 1.20 bits per heavy atom. The number of thiophene rings is 1. The summed E-state index contributed by atoms with van der Waals surface area (Å²) in [5, 5.41) is 2.05. The van der Waals surface area contributed by atoms with E-state index >= 15 is 0 Å². The van der Waals surface area contributed by atoms with Gasteiger partial charge in [0.1, 0.15) is 24.7 Å². The second kappa shape index (κ2) is 11.0. The third-order valence-electron chi connectivity index (χ3n) is 6.67. The van der Waals surface area contributed by atoms with E-state index < -0.39 is 5.82 Å². The van der Waals surface area contributed by atoms with Crippen molar-refractivity contribution in [2.45, 2.75) is 45.7 Å². The van der Waals surface area contributed by atoms with Gasteiger partial charge in [0, 0.05) is 23.0 Å². The maximum Gasteiger partial charge on any atom is 0.254 e. The first-order chi connectivity index (χ1) is 16.9. The molecule has 184 valence electrons. The van der Waals surface area contributed by atoms with E-state index in [-0.39, 0.29) is 36.0 Å². The summed E-state index contributed by atoms with van der Waals surface area (Å²) in [6.45, 7) is 6.72. The first-order valence-electron chi connectivity index (χ1n) is 12.0. The predicted octanol–water partition coefficient (Wildman–Crippen LogP) is 5.64. The van der Waals surface area contributed by atoms with Crippen LogP contribution >= 0.6 is 11.3 Å². The maximum absolute atomic E-state index is 13.8. The lowest BCUT2D eigenvalue weighted by Crippen LogP contribution is -2.49. The van der Waals surface area contributed by atoms with Gasteiger partial charge in [0.05, 0.1) is 6.04 Å². The molecule has 1 aliphatic rings. The molecule has 0 aliphatic carbocycles. The van der Waals surface area contributed by atoms with E-state index in [1.54, 1.807) is 22.3 Å². The first-order valence-corrected chi connectivity index (χ1v) is 12.9. The number of fused-ring (bicyclic) bond motifs is 1. The van der Waals surface area contributed by atoms with Gasteiger partial charge in [0.15, 0.2) is 0 Å². The highest BCUT2D eigenvalue weighted by Gasteiger charge is 2.34. The van der Waals surface area contributed by atoms with Gasteiger partial charge in [-0.05, 0) is 73.5 Å². The van der Waals surface area contributed by atoms with Crippen molar-refractivity contribution in [3.63, 3.8) is 0 Å². The molecule has 0 spiro atoms. The van der Waals surface area contributed by atoms with Crippen LogP contribution < -0.4 is 4.74 Å². The second-order valence-corrected chi connectivity index (χ2v) is 9.93. The van der Waals surface area contributed by atoms with E-state index in [1.807, 2.05) is 49.9 Å². The molecule has 1 aliphatic heterocycles. The summed E-state index contributed by atoms with van der Waals surface area (Å²) >= 11 is 1.70. The van der Waals surface area contributed by atoms with Gasteiger partial charge in [-0.1, -0.05) is 31.2 Å². The highest BCUT2D eigenvalue weighted by atomic mass is 32.1. The van der Waals surface area contributed by atoms with Crippen LogP contribution in [-0.4, -0.2) is 47.4 Å². The van der Waals surface area contributed by atoms with Gasteiger partial charge in [-0.3, -0.25) is 9.59 Å². The summed E-state index contributed by atoms with van der Waals surface area (Å²) in [6.07, 6.45) is 1.46. The Kier molecular flexibility index (Phi) is 7.86. The van der Waals surface area contributed by atoms with Crippen LogP contribution in [0.15, 0.2) is 60.0 Å². The Morgan fingerprint density at radius 2 is 2.00 bits per heavy atom. The zero-order valence-corrected chi connectivity index (χ0v) is 21.2. The Labute approximate surface area is 210 Å². The molecular formula is C28H31FN2O3S. The second-order valence-electron chi connectivity index (χ2n) is 8.93. The topological polar surface area (TPSA) is 49.9 Å². The van der Waals surface area contributed by atoms with Crippen LogP contribution in [0.2, 0.25) is 0 Å². The van der Waals surface area contributed by atoms with Gasteiger partial charge < -0.3 is 14.5 Å². The van der Waals surface area contributed by atoms with Crippen molar-refractivity contribution in [2.75, 3.05) is 19.7 Å². The normalized spacial score (nSPS) is 15.9. The lowest BCUT2D eigenvalue weighted by molar-refractivity contribution is -0.136. The molecule has 0 bridgehead atoms. The van der Waals surface area contributed by atoms with E-state index in [1.165, 1.54) is 23.1 Å². The van der Waals surface area contributed by atoms with Crippen LogP contribution in [0.1, 0.15) is 52.7 Å². The summed E-state index contributed by atoms with van der Waals surface area (Å²) in [5.74, 6) is -0.149. The van der Waals surface area contributed by atoms with Crippen LogP contribution in [0.3, 0.4) is 0 Å². The van der Waals surface area contributed by atoms with E-state index in [4.69, 9.17) is 4.74 Å². The number of benzene rings is 2. The van der Waals surface area contributed by atoms with Gasteiger partial charge in [0.2, 0.25) is 5.91 Å². The zero-order chi connectivity index (χ0) is 24.9. The smallest absolute Gasteiger partial charge is 0.254 e. The van der Waals surface area contributed by atoms with Crippen molar-refractivity contribution in [3.8, 4) is 5.75 Å². The molecule has 0 saturated heterocycles. The molecule has 1 aromatic heterocycles. The van der Waals surface area contributed by atoms with Crippen LogP contribution in [0.25, 0.3) is 0 Å². The summed E-state index contributed by atoms with van der Waals surface area (Å²) in [5.41, 5.74) is 2.39. The predicted molar refractivity (Wildman–Crippen MR) is 136 cm³/mol. The molecule has 0 saturated carbocycles. The van der Waals surface area contributed by atoms with Gasteiger partial charge in [-0.15, -0.1) is 11.3 Å². The van der Waals surface area contributed by atoms with Gasteiger partial charge in [-0.25, -0.2) is 4.39 Å². The van der Waals surface area contributed by atoms with E-state index in [2.05, 4.69) is 11.4 Å². The number of rotatable bonds is 8. The van der Waals surface area contributed by atoms with Crippen molar-refractivity contribution in [2.24, 2.45) is 0 Å². The highest BCUT2D eigenvalue weighted by Crippen LogP contribution is 2.34. The van der Waals surface area contributed by atoms with E-state index in [0.717, 1.165) is 23.3 Å². The average Bonchev–Trinajstić information content (AvgIpc) is 3.35. The molecule has 2 aromatic carbocycles. The number of hydrogen-bond donors (Lipinski definition) is 0. The zero-order valence-electron chi connectivity index (χ0n) is 20.4. The third kappa shape index (κ3) is 5.56. The molecule has 2 unspecified atom stereocenters. The number of amides is 2. The lowest BCUT2D eigenvalue weighted by Gasteiger charge is -2.38. The minimum Gasteiger partial charge on any atom is -0.491 e. The molecule has 3 aromatic rings. The minimum absolute atomic E-state index is 0.0648. The molecule has 0 fully saturated rings. The molecule has 7 heteroatoms. The molecule has 2 amide bonds. The lowest BCUT2D eigenvalue weighted by atomic mass is 10.00. The van der Waals surface area contributed by atoms with Crippen LogP contribution in [0.4, 0.5) is 4.39 Å². The monoisotopic (exact) mass is 494 g/mol. The molecule has 0 radical (unpaired) electrons. The summed E-state index contributed by atoms with van der Waals surface area (Å²) in [6, 6.07) is 15.1. The molecule has 0 N–H and O–H groups in total. The van der Waals surface area contributed by atoms with E-state index in [9.17, 15) is 14.0 Å². The van der Waals surface area contributed by atoms with Crippen molar-refractivity contribution in [3.05, 3.63) is 87.4 Å². The number of ether oxygens (including phenoxy) is 1. The Morgan fingerprint density at radius 3 is 2.74 bits per heavy atom. The van der Waals surface area contributed by atoms with Crippen molar-refractivity contribution >= 4 is 23.2 Å². The van der Waals surface area contributed by atoms with Crippen molar-refractivity contribution in [1.82, 2.24) is 9.80 Å². The van der Waals surface area contributed by atoms with Crippen molar-refractivity contribution < 1.29 is 18.7 Å². The Balaban J connectivity index is 1.56. The van der Waals surface area contributed by atoms with Crippen LogP contribution in [0, 0.1) is 12.7 Å². The number of halogens is 1. The fraction of sp³-hybridized carbons (Fsp3) is 0.357. The number of nitrogens with zero attached hydrogens (tertiary/aromatic N) is 2. The largest absolute Gasteiger partial charge is 0.491 e. The van der Waals surface area contributed by atoms with Crippen LogP contribution in [0.5, 0.6) is 5.75 Å². The molecule has 2 atom stereocenters. The number of para-hydroxylation sites is 1. The minimum atomic E-state index is -0.472. The number of carbonyl (C=O) groups excluding carboxylic acids is 2. The van der Waals surface area contributed by atoms with Gasteiger partial charge in [0.25, 0.3) is 5.91 Å². The summed E-state index contributed by atoms with van der Waals surface area (Å²) in [7, 11) is 0. The average molecular weight is 495 g/mol. The van der Waals surface area contributed by atoms with Crippen LogP contribution in [-0.2, 0) is 11.2 Å². The summed E-state index contributed by atoms with van der Waals surface area (Å²) in [4.78, 5) is 31.6. The Hall–Kier alpha value is -3.19. The number of hydrogen-bond acceptors (Lipinski definition) is 4.